The molecule has 0 radical (unpaired) electrons. The van der Waals surface area contributed by atoms with Crippen LogP contribution in [0.3, 0.4) is 0 Å². The molecule has 1 atom stereocenters. The summed E-state index contributed by atoms with van der Waals surface area (Å²) in [5.41, 5.74) is 6.90. The maximum absolute atomic E-state index is 12.2. The summed E-state index contributed by atoms with van der Waals surface area (Å²) in [6.45, 7) is 5.50. The molecule has 0 bridgehead atoms. The van der Waals surface area contributed by atoms with Crippen LogP contribution in [0.5, 0.6) is 0 Å². The molecule has 0 aromatic heterocycles. The molecule has 1 aromatic carbocycles. The molecule has 6 heteroatoms. The predicted molar refractivity (Wildman–Crippen MR) is 86.3 cm³/mol. The van der Waals surface area contributed by atoms with Gasteiger partial charge in [-0.2, -0.15) is 0 Å². The van der Waals surface area contributed by atoms with Gasteiger partial charge in [-0.25, -0.2) is 0 Å². The number of benzene rings is 1. The predicted octanol–water partition coefficient (Wildman–Crippen LogP) is 1.49. The van der Waals surface area contributed by atoms with Crippen molar-refractivity contribution in [2.75, 3.05) is 19.6 Å². The Kier molecular flexibility index (Phi) is 5.42. The van der Waals surface area contributed by atoms with E-state index in [1.807, 2.05) is 38.1 Å². The maximum atomic E-state index is 12.2. The Bertz CT molecular complexity index is 545. The van der Waals surface area contributed by atoms with E-state index in [2.05, 4.69) is 0 Å². The van der Waals surface area contributed by atoms with Gasteiger partial charge in [-0.15, -0.1) is 0 Å². The topological polar surface area (TPSA) is 66.6 Å². The zero-order chi connectivity index (χ0) is 16.3. The van der Waals surface area contributed by atoms with Gasteiger partial charge in [-0.3, -0.25) is 9.59 Å². The number of piperazine rings is 1. The summed E-state index contributed by atoms with van der Waals surface area (Å²) in [5, 5.41) is 0.674. The van der Waals surface area contributed by atoms with Gasteiger partial charge in [0.1, 0.15) is 0 Å². The maximum Gasteiger partial charge on any atom is 0.242 e. The zero-order valence-electron chi connectivity index (χ0n) is 13.0. The Morgan fingerprint density at radius 1 is 1.27 bits per heavy atom. The van der Waals surface area contributed by atoms with Crippen molar-refractivity contribution in [2.45, 2.75) is 26.4 Å². The van der Waals surface area contributed by atoms with E-state index in [0.29, 0.717) is 24.7 Å². The molecular weight excluding hydrogens is 302 g/mol. The summed E-state index contributed by atoms with van der Waals surface area (Å²) < 4.78 is 0. The lowest BCUT2D eigenvalue weighted by Crippen LogP contribution is -2.56. The summed E-state index contributed by atoms with van der Waals surface area (Å²) in [6, 6.07) is 6.88. The first-order valence-electron chi connectivity index (χ1n) is 7.45. The minimum Gasteiger partial charge on any atom is -0.335 e. The van der Waals surface area contributed by atoms with E-state index in [1.165, 1.54) is 0 Å². The third-order valence-electron chi connectivity index (χ3n) is 3.92. The third-order valence-corrected chi connectivity index (χ3v) is 4.17. The molecule has 0 unspecified atom stereocenters. The summed E-state index contributed by atoms with van der Waals surface area (Å²) in [7, 11) is 0. The van der Waals surface area contributed by atoms with Crippen LogP contribution in [-0.2, 0) is 16.1 Å². The normalized spacial score (nSPS) is 17.0. The number of nitrogens with zero attached hydrogens (tertiary/aromatic N) is 2. The Hall–Kier alpha value is -1.59. The number of rotatable bonds is 4. The van der Waals surface area contributed by atoms with E-state index in [-0.39, 0.29) is 24.3 Å². The van der Waals surface area contributed by atoms with Crippen molar-refractivity contribution < 1.29 is 9.59 Å². The van der Waals surface area contributed by atoms with Gasteiger partial charge in [0.2, 0.25) is 11.8 Å². The SMILES string of the molecule is CC(C)[C@H](N)C(=O)N1CCN(Cc2ccc(Cl)cc2)C(=O)C1. The van der Waals surface area contributed by atoms with Crippen molar-refractivity contribution in [3.8, 4) is 0 Å². The van der Waals surface area contributed by atoms with E-state index in [9.17, 15) is 9.59 Å². The highest BCUT2D eigenvalue weighted by Gasteiger charge is 2.30. The van der Waals surface area contributed by atoms with Gasteiger partial charge in [0.05, 0.1) is 12.6 Å². The highest BCUT2D eigenvalue weighted by molar-refractivity contribution is 6.30. The fourth-order valence-corrected chi connectivity index (χ4v) is 2.50. The third kappa shape index (κ3) is 3.99. The summed E-state index contributed by atoms with van der Waals surface area (Å²) in [6.07, 6.45) is 0. The average molecular weight is 324 g/mol. The quantitative estimate of drug-likeness (QED) is 0.913. The van der Waals surface area contributed by atoms with Crippen LogP contribution in [0.2, 0.25) is 5.02 Å². The molecule has 2 N–H and O–H groups in total. The Labute approximate surface area is 136 Å². The molecule has 1 aliphatic rings. The Balaban J connectivity index is 1.94. The van der Waals surface area contributed by atoms with E-state index >= 15 is 0 Å². The molecule has 1 aromatic rings. The first-order chi connectivity index (χ1) is 10.4. The number of carbonyl (C=O) groups excluding carboxylic acids is 2. The van der Waals surface area contributed by atoms with Gasteiger partial charge < -0.3 is 15.5 Å². The molecule has 0 saturated carbocycles. The van der Waals surface area contributed by atoms with E-state index in [1.54, 1.807) is 9.80 Å². The van der Waals surface area contributed by atoms with Crippen LogP contribution < -0.4 is 5.73 Å². The number of halogens is 1. The number of hydrogen-bond donors (Lipinski definition) is 1. The molecular formula is C16H22ClN3O2. The fourth-order valence-electron chi connectivity index (χ4n) is 2.37. The lowest BCUT2D eigenvalue weighted by molar-refractivity contribution is -0.146. The first-order valence-corrected chi connectivity index (χ1v) is 7.83. The van der Waals surface area contributed by atoms with Crippen molar-refractivity contribution >= 4 is 23.4 Å². The smallest absolute Gasteiger partial charge is 0.242 e. The second-order valence-corrected chi connectivity index (χ2v) is 6.41. The van der Waals surface area contributed by atoms with Crippen LogP contribution in [0, 0.1) is 5.92 Å². The molecule has 22 heavy (non-hydrogen) atoms. The Morgan fingerprint density at radius 3 is 2.45 bits per heavy atom. The molecule has 1 heterocycles. The summed E-state index contributed by atoms with van der Waals surface area (Å²) in [5.74, 6) is -0.130. The van der Waals surface area contributed by atoms with Crippen LogP contribution in [0.1, 0.15) is 19.4 Å². The monoisotopic (exact) mass is 323 g/mol. The van der Waals surface area contributed by atoms with Gasteiger partial charge in [0.15, 0.2) is 0 Å². The second-order valence-electron chi connectivity index (χ2n) is 5.97. The van der Waals surface area contributed by atoms with Crippen LogP contribution in [0.4, 0.5) is 0 Å². The number of hydrogen-bond acceptors (Lipinski definition) is 3. The fraction of sp³-hybridized carbons (Fsp3) is 0.500. The molecule has 5 nitrogen and oxygen atoms in total. The largest absolute Gasteiger partial charge is 0.335 e. The number of carbonyl (C=O) groups is 2. The Morgan fingerprint density at radius 2 is 1.91 bits per heavy atom. The van der Waals surface area contributed by atoms with Crippen LogP contribution in [-0.4, -0.2) is 47.3 Å². The number of amides is 2. The van der Waals surface area contributed by atoms with Crippen molar-refractivity contribution in [2.24, 2.45) is 11.7 Å². The van der Waals surface area contributed by atoms with E-state index in [4.69, 9.17) is 17.3 Å². The standard InChI is InChI=1S/C16H22ClN3O2/c1-11(2)15(18)16(22)20-8-7-19(14(21)10-20)9-12-3-5-13(17)6-4-12/h3-6,11,15H,7-10,18H2,1-2H3/t15-/m0/s1. The van der Waals surface area contributed by atoms with Gasteiger partial charge in [-0.05, 0) is 23.6 Å². The zero-order valence-corrected chi connectivity index (χ0v) is 13.7. The minimum atomic E-state index is -0.546. The first kappa shape index (κ1) is 16.8. The van der Waals surface area contributed by atoms with Crippen LogP contribution >= 0.6 is 11.6 Å². The van der Waals surface area contributed by atoms with Crippen molar-refractivity contribution in [3.63, 3.8) is 0 Å². The van der Waals surface area contributed by atoms with Crippen molar-refractivity contribution in [3.05, 3.63) is 34.9 Å². The van der Waals surface area contributed by atoms with Crippen molar-refractivity contribution in [1.82, 2.24) is 9.80 Å². The lowest BCUT2D eigenvalue weighted by atomic mass is 10.0. The van der Waals surface area contributed by atoms with Crippen LogP contribution in [0.25, 0.3) is 0 Å². The molecule has 0 aliphatic carbocycles. The average Bonchev–Trinajstić information content (AvgIpc) is 2.49. The molecule has 0 spiro atoms. The lowest BCUT2D eigenvalue weighted by Gasteiger charge is -2.36. The molecule has 120 valence electrons. The van der Waals surface area contributed by atoms with Crippen LogP contribution in [0.15, 0.2) is 24.3 Å². The molecule has 2 amide bonds. The summed E-state index contributed by atoms with van der Waals surface area (Å²) >= 11 is 5.86. The molecule has 2 rings (SSSR count). The van der Waals surface area contributed by atoms with E-state index < -0.39 is 6.04 Å². The second kappa shape index (κ2) is 7.11. The summed E-state index contributed by atoms with van der Waals surface area (Å²) in [4.78, 5) is 27.8. The van der Waals surface area contributed by atoms with E-state index in [0.717, 1.165) is 5.56 Å². The minimum absolute atomic E-state index is 0.0505. The molecule has 1 aliphatic heterocycles. The molecule has 1 fully saturated rings. The molecule has 1 saturated heterocycles. The highest BCUT2D eigenvalue weighted by atomic mass is 35.5. The number of nitrogens with two attached hydrogens (primary N) is 1. The highest BCUT2D eigenvalue weighted by Crippen LogP contribution is 2.14. The van der Waals surface area contributed by atoms with Gasteiger partial charge >= 0.3 is 0 Å². The van der Waals surface area contributed by atoms with Gasteiger partial charge in [-0.1, -0.05) is 37.6 Å². The van der Waals surface area contributed by atoms with Crippen molar-refractivity contribution in [1.29, 1.82) is 0 Å². The van der Waals surface area contributed by atoms with Gasteiger partial charge in [0.25, 0.3) is 0 Å². The van der Waals surface area contributed by atoms with Gasteiger partial charge in [0, 0.05) is 24.7 Å².